The summed E-state index contributed by atoms with van der Waals surface area (Å²) in [6.45, 7) is 3.31. The number of benzene rings is 2. The van der Waals surface area contributed by atoms with E-state index in [-0.39, 0.29) is 12.1 Å². The van der Waals surface area contributed by atoms with E-state index in [1.165, 1.54) is 0 Å². The number of amidine groups is 1. The Balaban J connectivity index is 0.000000149. The van der Waals surface area contributed by atoms with Gasteiger partial charge in [0.15, 0.2) is 5.16 Å². The highest BCUT2D eigenvalue weighted by molar-refractivity contribution is 7.98. The van der Waals surface area contributed by atoms with Crippen LogP contribution in [-0.4, -0.2) is 73.5 Å². The Hall–Kier alpha value is -4.29. The predicted molar refractivity (Wildman–Crippen MR) is 202 cm³/mol. The van der Waals surface area contributed by atoms with Crippen LogP contribution in [0.2, 0.25) is 10.0 Å². The fourth-order valence-corrected chi connectivity index (χ4v) is 7.73. The number of aliphatic hydroxyl groups excluding tert-OH is 1. The lowest BCUT2D eigenvalue weighted by Gasteiger charge is -2.27. The molecule has 0 bridgehead atoms. The zero-order chi connectivity index (χ0) is 34.2. The molecule has 9 rings (SSSR count). The Morgan fingerprint density at radius 1 is 0.900 bits per heavy atom. The molecule has 13 heteroatoms. The quantitative estimate of drug-likeness (QED) is 0.151. The van der Waals surface area contributed by atoms with Crippen molar-refractivity contribution in [2.75, 3.05) is 36.1 Å². The van der Waals surface area contributed by atoms with Gasteiger partial charge in [-0.1, -0.05) is 71.4 Å². The van der Waals surface area contributed by atoms with Crippen LogP contribution in [0.3, 0.4) is 0 Å². The first-order valence-corrected chi connectivity index (χ1v) is 18.8. The number of pyridine rings is 1. The van der Waals surface area contributed by atoms with Crippen LogP contribution >= 0.6 is 35.0 Å². The van der Waals surface area contributed by atoms with Crippen molar-refractivity contribution in [2.45, 2.75) is 49.5 Å². The monoisotopic (exact) mass is 723 g/mol. The van der Waals surface area contributed by atoms with Crippen molar-refractivity contribution in [3.8, 4) is 22.5 Å². The van der Waals surface area contributed by atoms with Crippen molar-refractivity contribution in [2.24, 2.45) is 9.98 Å². The maximum atomic E-state index is 9.69. The highest BCUT2D eigenvalue weighted by atomic mass is 35.5. The lowest BCUT2D eigenvalue weighted by Crippen LogP contribution is -2.32. The van der Waals surface area contributed by atoms with E-state index in [1.807, 2.05) is 67.2 Å². The van der Waals surface area contributed by atoms with Gasteiger partial charge < -0.3 is 19.9 Å². The molecule has 0 radical (unpaired) electrons. The number of fused-ring (bicyclic) bond motifs is 6. The van der Waals surface area contributed by atoms with Crippen LogP contribution in [0.15, 0.2) is 82.1 Å². The van der Waals surface area contributed by atoms with Gasteiger partial charge >= 0.3 is 0 Å². The second-order valence-electron chi connectivity index (χ2n) is 12.5. The molecular formula is C37H35Cl2N9OS. The number of anilines is 2. The molecule has 50 heavy (non-hydrogen) atoms. The number of aromatic nitrogens is 5. The average molecular weight is 725 g/mol. The van der Waals surface area contributed by atoms with Gasteiger partial charge in [0.2, 0.25) is 5.62 Å². The van der Waals surface area contributed by atoms with Crippen molar-refractivity contribution in [3.63, 3.8) is 0 Å². The lowest BCUT2D eigenvalue weighted by atomic mass is 9.94. The first-order valence-electron chi connectivity index (χ1n) is 16.8. The van der Waals surface area contributed by atoms with E-state index in [9.17, 15) is 5.11 Å². The van der Waals surface area contributed by atoms with Gasteiger partial charge in [-0.2, -0.15) is 4.98 Å². The summed E-state index contributed by atoms with van der Waals surface area (Å²) in [5.41, 5.74) is 6.60. The molecule has 0 spiro atoms. The highest BCUT2D eigenvalue weighted by Crippen LogP contribution is 2.40. The van der Waals surface area contributed by atoms with E-state index in [0.29, 0.717) is 5.62 Å². The molecule has 2 aromatic carbocycles. The number of aliphatic imine (C=N–C) groups is 1. The zero-order valence-electron chi connectivity index (χ0n) is 27.4. The Bertz CT molecular complexity index is 2180. The molecule has 0 atom stereocenters. The van der Waals surface area contributed by atoms with E-state index in [2.05, 4.69) is 46.9 Å². The lowest BCUT2D eigenvalue weighted by molar-refractivity contribution is 0.123. The van der Waals surface area contributed by atoms with Crippen LogP contribution in [0.1, 0.15) is 36.8 Å². The van der Waals surface area contributed by atoms with Crippen molar-refractivity contribution in [3.05, 3.63) is 93.8 Å². The Morgan fingerprint density at radius 2 is 1.66 bits per heavy atom. The minimum Gasteiger partial charge on any atom is -0.393 e. The summed E-state index contributed by atoms with van der Waals surface area (Å²) in [6.07, 6.45) is 11.0. The zero-order valence-corrected chi connectivity index (χ0v) is 29.8. The summed E-state index contributed by atoms with van der Waals surface area (Å²) in [5.74, 6) is 3.81. The fraction of sp³-hybridized carbons (Fsp3) is 0.297. The first-order chi connectivity index (χ1) is 24.5. The van der Waals surface area contributed by atoms with Crippen molar-refractivity contribution in [1.29, 1.82) is 0 Å². The smallest absolute Gasteiger partial charge is 0.246 e. The molecule has 5 aliphatic heterocycles. The minimum atomic E-state index is -0.183. The third-order valence-electron chi connectivity index (χ3n) is 9.38. The summed E-state index contributed by atoms with van der Waals surface area (Å²) in [4.78, 5) is 29.8. The Labute approximate surface area is 304 Å². The molecule has 254 valence electrons. The summed E-state index contributed by atoms with van der Waals surface area (Å²) in [5, 5.41) is 15.4. The highest BCUT2D eigenvalue weighted by Gasteiger charge is 2.31. The summed E-state index contributed by atoms with van der Waals surface area (Å²) < 4.78 is 2.19. The normalized spacial score (nSPS) is 19.5. The maximum Gasteiger partial charge on any atom is 0.246 e. The number of rotatable bonds is 4. The second kappa shape index (κ2) is 14.1. The predicted octanol–water partition coefficient (Wildman–Crippen LogP) is 6.96. The molecule has 0 unspecified atom stereocenters. The van der Waals surface area contributed by atoms with Gasteiger partial charge in [0.25, 0.3) is 0 Å². The van der Waals surface area contributed by atoms with Crippen LogP contribution < -0.4 is 15.8 Å². The van der Waals surface area contributed by atoms with Crippen molar-refractivity contribution >= 4 is 64.1 Å². The minimum absolute atomic E-state index is 0.183. The number of hydrogen-bond donors (Lipinski definition) is 2. The Morgan fingerprint density at radius 3 is 2.42 bits per heavy atom. The molecule has 2 N–H and O–H groups in total. The molecule has 1 fully saturated rings. The molecule has 1 aliphatic carbocycles. The van der Waals surface area contributed by atoms with Crippen molar-refractivity contribution < 1.29 is 5.11 Å². The van der Waals surface area contributed by atoms with Crippen LogP contribution in [-0.2, 0) is 6.54 Å². The third kappa shape index (κ3) is 6.39. The third-order valence-corrected chi connectivity index (χ3v) is 10.6. The van der Waals surface area contributed by atoms with Crippen LogP contribution in [0.5, 0.6) is 0 Å². The van der Waals surface area contributed by atoms with Crippen LogP contribution in [0, 0.1) is 0 Å². The molecule has 0 amide bonds. The summed E-state index contributed by atoms with van der Waals surface area (Å²) in [7, 11) is 0. The summed E-state index contributed by atoms with van der Waals surface area (Å²) in [6, 6.07) is 18.0. The maximum absolute atomic E-state index is 9.69. The van der Waals surface area contributed by atoms with E-state index in [1.54, 1.807) is 11.8 Å². The molecule has 10 nitrogen and oxygen atoms in total. The molecule has 1 aromatic heterocycles. The topological polar surface area (TPSA) is 117 Å². The molecule has 6 heterocycles. The molecular weight excluding hydrogens is 689 g/mol. The van der Waals surface area contributed by atoms with Gasteiger partial charge in [-0.05, 0) is 56.2 Å². The largest absolute Gasteiger partial charge is 0.393 e. The molecule has 0 saturated heterocycles. The van der Waals surface area contributed by atoms with Crippen molar-refractivity contribution in [1.82, 2.24) is 24.5 Å². The standard InChI is InChI=1S/C21H22ClN5O.C16H13ClN4S/c22-18-4-2-1-3-16(18)17-11-13-12-24-21(25-14-5-7-15(28)8-6-14)26-19(13)27-10-9-23-20(17)27;1-22-16-19-9-10-8-12(11-4-2-3-5-13(11)17)15-18-6-7-21(15)14(10)20-16/h1-4,11-12,14-15,23,28H,5-10H2;2-5,8-9H,6-7H2,1H3. The van der Waals surface area contributed by atoms with Gasteiger partial charge in [-0.3, -0.25) is 4.99 Å². The number of aliphatic hydroxyl groups is 1. The fourth-order valence-electron chi connectivity index (χ4n) is 6.92. The molecule has 6 aliphatic rings. The Kier molecular flexibility index (Phi) is 9.30. The summed E-state index contributed by atoms with van der Waals surface area (Å²) >= 11 is 14.4. The van der Waals surface area contributed by atoms with Gasteiger partial charge in [0, 0.05) is 75.5 Å². The SMILES string of the molecule is CSc1ncc2c(n1)N1CCN=C1C(c1ccccc1Cl)=C2.OC1CCC(N=c2ncc3cc(-c4ccccc4Cl)c4n(c-3n2)CCN4)CC1. The van der Waals surface area contributed by atoms with Crippen LogP contribution in [0.4, 0.5) is 11.6 Å². The first kappa shape index (κ1) is 32.9. The molecule has 1 saturated carbocycles. The molecule has 3 aromatic rings. The number of nitrogens with zero attached hydrogens (tertiary/aromatic N) is 8. The number of halogens is 2. The van der Waals surface area contributed by atoms with Crippen LogP contribution in [0.25, 0.3) is 34.2 Å². The van der Waals surface area contributed by atoms with E-state index in [4.69, 9.17) is 33.2 Å². The van der Waals surface area contributed by atoms with E-state index < -0.39 is 0 Å². The van der Waals surface area contributed by atoms with E-state index >= 15 is 0 Å². The second-order valence-corrected chi connectivity index (χ2v) is 14.1. The number of thioether (sulfide) groups is 1. The number of hydrogen-bond acceptors (Lipinski definition) is 10. The van der Waals surface area contributed by atoms with Gasteiger partial charge in [0.05, 0.1) is 18.7 Å². The number of nitrogens with one attached hydrogen (secondary N) is 1. The van der Waals surface area contributed by atoms with Gasteiger partial charge in [0.1, 0.15) is 23.3 Å². The van der Waals surface area contributed by atoms with E-state index in [0.717, 1.165) is 124 Å². The van der Waals surface area contributed by atoms with Gasteiger partial charge in [-0.25, -0.2) is 19.9 Å². The average Bonchev–Trinajstić information content (AvgIpc) is 3.84. The van der Waals surface area contributed by atoms with Gasteiger partial charge in [-0.15, -0.1) is 0 Å².